The lowest BCUT2D eigenvalue weighted by Crippen LogP contribution is -2.34. The number of methoxy groups -OCH3 is 1. The molecule has 5 heteroatoms. The number of carbonyl (C=O) groups excluding carboxylic acids is 2. The molecule has 2 aliphatic rings. The van der Waals surface area contributed by atoms with Crippen LogP contribution in [0.4, 0.5) is 0 Å². The summed E-state index contributed by atoms with van der Waals surface area (Å²) in [5.41, 5.74) is 3.61. The Morgan fingerprint density at radius 2 is 1.79 bits per heavy atom. The molecule has 5 nitrogen and oxygen atoms in total. The Bertz CT molecular complexity index is 1020. The monoisotopic (exact) mass is 389 g/mol. The van der Waals surface area contributed by atoms with Crippen LogP contribution in [-0.2, 0) is 14.3 Å². The van der Waals surface area contributed by atoms with Gasteiger partial charge in [0, 0.05) is 29.3 Å². The molecule has 0 bridgehead atoms. The molecule has 2 aromatic carbocycles. The lowest BCUT2D eigenvalue weighted by atomic mass is 9.75. The number of nitrogens with one attached hydrogen (secondary N) is 1. The molecule has 4 rings (SSSR count). The van der Waals surface area contributed by atoms with Gasteiger partial charge in [0.25, 0.3) is 0 Å². The summed E-state index contributed by atoms with van der Waals surface area (Å²) in [5.74, 6) is 0.556. The van der Waals surface area contributed by atoms with Gasteiger partial charge in [-0.25, -0.2) is 4.79 Å². The van der Waals surface area contributed by atoms with Gasteiger partial charge in [-0.1, -0.05) is 30.3 Å². The highest BCUT2D eigenvalue weighted by Crippen LogP contribution is 2.43. The molecule has 1 heterocycles. The highest BCUT2D eigenvalue weighted by Gasteiger charge is 2.38. The van der Waals surface area contributed by atoms with Gasteiger partial charge in [0.05, 0.1) is 12.7 Å². The third kappa shape index (κ3) is 3.68. The van der Waals surface area contributed by atoms with Crippen molar-refractivity contribution in [2.45, 2.75) is 32.1 Å². The minimum absolute atomic E-state index is 0.0760. The zero-order chi connectivity index (χ0) is 20.4. The Morgan fingerprint density at radius 1 is 1.03 bits per heavy atom. The maximum absolute atomic E-state index is 12.8. The van der Waals surface area contributed by atoms with E-state index in [-0.39, 0.29) is 5.78 Å². The molecule has 0 aromatic heterocycles. The van der Waals surface area contributed by atoms with Crippen LogP contribution < -0.4 is 10.1 Å². The highest BCUT2D eigenvalue weighted by molar-refractivity contribution is 6.03. The van der Waals surface area contributed by atoms with Gasteiger partial charge in [-0.2, -0.15) is 0 Å². The van der Waals surface area contributed by atoms with Crippen LogP contribution in [0.1, 0.15) is 37.7 Å². The summed E-state index contributed by atoms with van der Waals surface area (Å²) in [6, 6.07) is 17.1. The number of esters is 1. The summed E-state index contributed by atoms with van der Waals surface area (Å²) >= 11 is 0. The number of hydrogen-bond donors (Lipinski definition) is 1. The standard InChI is InChI=1S/C24H23NO4/c1-15-21(24(27)28-2)22(23-19(25-15)12-7-13-20(23)26)16-8-6-11-18(14-16)29-17-9-4-3-5-10-17/h3-6,8-11,14,22,25H,7,12-13H2,1-2H3/t22-/m1/s1. The number of ketones is 1. The highest BCUT2D eigenvalue weighted by atomic mass is 16.5. The number of para-hydroxylation sites is 1. The lowest BCUT2D eigenvalue weighted by molar-refractivity contribution is -0.136. The molecule has 0 fully saturated rings. The maximum atomic E-state index is 12.8. The van der Waals surface area contributed by atoms with E-state index < -0.39 is 11.9 Å². The molecule has 29 heavy (non-hydrogen) atoms. The van der Waals surface area contributed by atoms with Gasteiger partial charge < -0.3 is 14.8 Å². The number of carbonyl (C=O) groups is 2. The molecular weight excluding hydrogens is 366 g/mol. The molecule has 0 amide bonds. The zero-order valence-electron chi connectivity index (χ0n) is 16.5. The first kappa shape index (κ1) is 19.0. The van der Waals surface area contributed by atoms with Crippen molar-refractivity contribution in [1.29, 1.82) is 0 Å². The van der Waals surface area contributed by atoms with Gasteiger partial charge >= 0.3 is 5.97 Å². The number of Topliss-reactive ketones (excluding diaryl/α,β-unsaturated/α-hetero) is 1. The van der Waals surface area contributed by atoms with Crippen molar-refractivity contribution in [3.8, 4) is 11.5 Å². The van der Waals surface area contributed by atoms with Crippen LogP contribution in [0.25, 0.3) is 0 Å². The van der Waals surface area contributed by atoms with E-state index in [9.17, 15) is 9.59 Å². The van der Waals surface area contributed by atoms with Crippen LogP contribution in [-0.4, -0.2) is 18.9 Å². The van der Waals surface area contributed by atoms with Crippen molar-refractivity contribution in [1.82, 2.24) is 5.32 Å². The maximum Gasteiger partial charge on any atom is 0.336 e. The largest absolute Gasteiger partial charge is 0.466 e. The lowest BCUT2D eigenvalue weighted by Gasteiger charge is -2.34. The fourth-order valence-electron chi connectivity index (χ4n) is 4.08. The van der Waals surface area contributed by atoms with Crippen LogP contribution in [0.3, 0.4) is 0 Å². The first-order valence-electron chi connectivity index (χ1n) is 9.73. The van der Waals surface area contributed by atoms with Gasteiger partial charge in [0.15, 0.2) is 5.78 Å². The second-order valence-corrected chi connectivity index (χ2v) is 7.24. The summed E-state index contributed by atoms with van der Waals surface area (Å²) in [6.07, 6.45) is 2.10. The van der Waals surface area contributed by atoms with E-state index >= 15 is 0 Å². The van der Waals surface area contributed by atoms with Crippen molar-refractivity contribution in [3.05, 3.63) is 82.7 Å². The molecule has 1 aliphatic heterocycles. The molecule has 0 spiro atoms. The molecule has 0 saturated heterocycles. The van der Waals surface area contributed by atoms with E-state index in [4.69, 9.17) is 9.47 Å². The summed E-state index contributed by atoms with van der Waals surface area (Å²) in [4.78, 5) is 25.5. The second-order valence-electron chi connectivity index (χ2n) is 7.24. The zero-order valence-corrected chi connectivity index (χ0v) is 16.5. The number of ether oxygens (including phenoxy) is 2. The first-order chi connectivity index (χ1) is 14.1. The molecule has 0 saturated carbocycles. The topological polar surface area (TPSA) is 64.6 Å². The Balaban J connectivity index is 1.79. The van der Waals surface area contributed by atoms with Crippen molar-refractivity contribution in [2.24, 2.45) is 0 Å². The quantitative estimate of drug-likeness (QED) is 0.773. The Hall–Kier alpha value is -3.34. The third-order valence-corrected chi connectivity index (χ3v) is 5.35. The fourth-order valence-corrected chi connectivity index (χ4v) is 4.08. The van der Waals surface area contributed by atoms with Crippen molar-refractivity contribution in [2.75, 3.05) is 7.11 Å². The van der Waals surface area contributed by atoms with Crippen LogP contribution >= 0.6 is 0 Å². The fraction of sp³-hybridized carbons (Fsp3) is 0.250. The van der Waals surface area contributed by atoms with Gasteiger partial charge in [0.1, 0.15) is 11.5 Å². The molecule has 1 aliphatic carbocycles. The molecule has 2 aromatic rings. The SMILES string of the molecule is COC(=O)C1=C(C)NC2=C(C(=O)CCC2)[C@@H]1c1cccc(Oc2ccccc2)c1. The van der Waals surface area contributed by atoms with Crippen molar-refractivity contribution < 1.29 is 19.1 Å². The molecule has 0 unspecified atom stereocenters. The minimum atomic E-state index is -0.467. The van der Waals surface area contributed by atoms with Crippen LogP contribution in [0.5, 0.6) is 11.5 Å². The molecular formula is C24H23NO4. The van der Waals surface area contributed by atoms with Gasteiger partial charge in [-0.15, -0.1) is 0 Å². The first-order valence-corrected chi connectivity index (χ1v) is 9.73. The van der Waals surface area contributed by atoms with Gasteiger partial charge in [-0.3, -0.25) is 4.79 Å². The van der Waals surface area contributed by atoms with E-state index in [1.807, 2.05) is 61.5 Å². The summed E-state index contributed by atoms with van der Waals surface area (Å²) in [5, 5.41) is 3.27. The van der Waals surface area contributed by atoms with E-state index in [0.717, 1.165) is 35.5 Å². The van der Waals surface area contributed by atoms with Crippen LogP contribution in [0.15, 0.2) is 77.1 Å². The van der Waals surface area contributed by atoms with Crippen molar-refractivity contribution in [3.63, 3.8) is 0 Å². The van der Waals surface area contributed by atoms with E-state index in [2.05, 4.69) is 5.32 Å². The molecule has 1 atom stereocenters. The number of benzene rings is 2. The summed E-state index contributed by atoms with van der Waals surface area (Å²) < 4.78 is 11.0. The van der Waals surface area contributed by atoms with Gasteiger partial charge in [0.2, 0.25) is 0 Å². The molecule has 0 radical (unpaired) electrons. The smallest absolute Gasteiger partial charge is 0.336 e. The average molecular weight is 389 g/mol. The number of allylic oxidation sites excluding steroid dienone is 3. The minimum Gasteiger partial charge on any atom is -0.466 e. The number of hydrogen-bond acceptors (Lipinski definition) is 5. The molecule has 148 valence electrons. The Kier molecular flexibility index (Phi) is 5.21. The van der Waals surface area contributed by atoms with E-state index in [1.165, 1.54) is 7.11 Å². The van der Waals surface area contributed by atoms with Crippen molar-refractivity contribution >= 4 is 11.8 Å². The van der Waals surface area contributed by atoms with Crippen LogP contribution in [0.2, 0.25) is 0 Å². The predicted molar refractivity (Wildman–Crippen MR) is 109 cm³/mol. The third-order valence-electron chi connectivity index (χ3n) is 5.35. The summed E-state index contributed by atoms with van der Waals surface area (Å²) in [6.45, 7) is 1.85. The number of dihydropyridines is 1. The Morgan fingerprint density at radius 3 is 2.55 bits per heavy atom. The normalized spacial score (nSPS) is 18.8. The van der Waals surface area contributed by atoms with Gasteiger partial charge in [-0.05, 0) is 49.6 Å². The Labute approximate surface area is 170 Å². The van der Waals surface area contributed by atoms with E-state index in [1.54, 1.807) is 0 Å². The predicted octanol–water partition coefficient (Wildman–Crippen LogP) is 4.62. The second kappa shape index (κ2) is 7.95. The summed E-state index contributed by atoms with van der Waals surface area (Å²) in [7, 11) is 1.36. The molecule has 1 N–H and O–H groups in total. The average Bonchev–Trinajstić information content (AvgIpc) is 2.73. The number of rotatable bonds is 4. The van der Waals surface area contributed by atoms with E-state index in [0.29, 0.717) is 23.3 Å². The van der Waals surface area contributed by atoms with Crippen LogP contribution in [0, 0.1) is 0 Å².